The minimum Gasteiger partial charge on any atom is -0.348 e. The van der Waals surface area contributed by atoms with Gasteiger partial charge >= 0.3 is 5.51 Å². The summed E-state index contributed by atoms with van der Waals surface area (Å²) in [6, 6.07) is 7.36. The molecule has 30 heavy (non-hydrogen) atoms. The second-order valence-electron chi connectivity index (χ2n) is 6.35. The molecule has 0 bridgehead atoms. The smallest absolute Gasteiger partial charge is 0.348 e. The van der Waals surface area contributed by atoms with Gasteiger partial charge in [0.15, 0.2) is 10.8 Å². The summed E-state index contributed by atoms with van der Waals surface area (Å²) in [6.45, 7) is 3.64. The van der Waals surface area contributed by atoms with Crippen molar-refractivity contribution in [1.29, 1.82) is 0 Å². The molecule has 8 nitrogen and oxygen atoms in total. The van der Waals surface area contributed by atoms with Gasteiger partial charge in [-0.25, -0.2) is 23.1 Å². The van der Waals surface area contributed by atoms with Gasteiger partial charge in [-0.1, -0.05) is 6.07 Å². The van der Waals surface area contributed by atoms with Crippen molar-refractivity contribution in [2.75, 3.05) is 0 Å². The number of hydrogen-bond donors (Lipinski definition) is 1. The Morgan fingerprint density at radius 1 is 1.17 bits per heavy atom. The van der Waals surface area contributed by atoms with E-state index in [1.165, 1.54) is 12.3 Å². The zero-order valence-electron chi connectivity index (χ0n) is 15.8. The molecule has 0 atom stereocenters. The van der Waals surface area contributed by atoms with Crippen molar-refractivity contribution in [2.45, 2.75) is 30.9 Å². The number of aromatic nitrogens is 4. The van der Waals surface area contributed by atoms with Crippen LogP contribution in [0, 0.1) is 13.8 Å². The molecule has 1 amide bonds. The van der Waals surface area contributed by atoms with Crippen LogP contribution in [0.4, 0.5) is 13.2 Å². The lowest BCUT2D eigenvalue weighted by molar-refractivity contribution is -0.0438. The third kappa shape index (κ3) is 4.17. The lowest BCUT2D eigenvalue weighted by atomic mass is 10.2. The number of nitrogens with zero attached hydrogens (tertiary/aromatic N) is 4. The molecular formula is C18H16F3N5O3S. The molecule has 0 aliphatic rings. The Bertz CT molecular complexity index is 1190. The normalized spacial score (nSPS) is 12.0. The Balaban J connectivity index is 1.76. The molecule has 3 rings (SSSR count). The number of pyridine rings is 2. The van der Waals surface area contributed by atoms with E-state index < -0.39 is 31.8 Å². The van der Waals surface area contributed by atoms with Crippen LogP contribution in [0.25, 0.3) is 5.82 Å². The van der Waals surface area contributed by atoms with Crippen LogP contribution in [-0.2, 0) is 16.4 Å². The molecule has 0 aromatic carbocycles. The molecule has 1 N–H and O–H groups in total. The van der Waals surface area contributed by atoms with Crippen molar-refractivity contribution in [2.24, 2.45) is 0 Å². The van der Waals surface area contributed by atoms with Crippen molar-refractivity contribution in [3.8, 4) is 5.82 Å². The highest BCUT2D eigenvalue weighted by atomic mass is 32.2. The lowest BCUT2D eigenvalue weighted by Gasteiger charge is -2.12. The first-order valence-electron chi connectivity index (χ1n) is 8.54. The predicted octanol–water partition coefficient (Wildman–Crippen LogP) is 2.50. The minimum atomic E-state index is -5.77. The monoisotopic (exact) mass is 439 g/mol. The van der Waals surface area contributed by atoms with Crippen LogP contribution >= 0.6 is 0 Å². The van der Waals surface area contributed by atoms with Crippen LogP contribution in [0.5, 0.6) is 0 Å². The van der Waals surface area contributed by atoms with Crippen molar-refractivity contribution in [1.82, 2.24) is 25.1 Å². The molecule has 158 valence electrons. The molecule has 0 saturated carbocycles. The average Bonchev–Trinajstić information content (AvgIpc) is 3.03. The SMILES string of the molecule is Cc1cc(C)n(-c2ccc(CNC(=O)c3cccnc3S(=O)(=O)C(F)(F)F)cn2)n1. The van der Waals surface area contributed by atoms with E-state index >= 15 is 0 Å². The number of halogens is 3. The largest absolute Gasteiger partial charge is 0.503 e. The van der Waals surface area contributed by atoms with Crippen molar-refractivity contribution in [3.05, 3.63) is 65.2 Å². The third-order valence-electron chi connectivity index (χ3n) is 4.06. The van der Waals surface area contributed by atoms with Crippen molar-refractivity contribution < 1.29 is 26.4 Å². The number of amides is 1. The lowest BCUT2D eigenvalue weighted by Crippen LogP contribution is -2.30. The number of rotatable bonds is 5. The topological polar surface area (TPSA) is 107 Å². The highest BCUT2D eigenvalue weighted by Gasteiger charge is 2.49. The molecular weight excluding hydrogens is 423 g/mol. The van der Waals surface area contributed by atoms with Crippen molar-refractivity contribution in [3.63, 3.8) is 0 Å². The van der Waals surface area contributed by atoms with E-state index in [1.54, 1.807) is 16.8 Å². The van der Waals surface area contributed by atoms with E-state index in [1.807, 2.05) is 19.9 Å². The number of hydrogen-bond acceptors (Lipinski definition) is 6. The van der Waals surface area contributed by atoms with Crippen LogP contribution in [0.2, 0.25) is 0 Å². The molecule has 3 aromatic heterocycles. The van der Waals surface area contributed by atoms with Gasteiger partial charge in [0.25, 0.3) is 15.7 Å². The second-order valence-corrected chi connectivity index (χ2v) is 8.21. The maximum atomic E-state index is 12.8. The summed E-state index contributed by atoms with van der Waals surface area (Å²) in [5.74, 6) is -0.449. The van der Waals surface area contributed by atoms with Crippen LogP contribution in [-0.4, -0.2) is 39.6 Å². The molecule has 0 aliphatic heterocycles. The summed E-state index contributed by atoms with van der Waals surface area (Å²) in [5, 5.41) is 5.35. The predicted molar refractivity (Wildman–Crippen MR) is 99.5 cm³/mol. The van der Waals surface area contributed by atoms with Gasteiger partial charge in [0.1, 0.15) is 0 Å². The van der Waals surface area contributed by atoms with E-state index in [4.69, 9.17) is 0 Å². The number of carbonyl (C=O) groups is 1. The molecule has 3 heterocycles. The Morgan fingerprint density at radius 3 is 2.47 bits per heavy atom. The number of carbonyl (C=O) groups excluding carboxylic acids is 1. The summed E-state index contributed by atoms with van der Waals surface area (Å²) in [5.41, 5.74) is -4.00. The highest BCUT2D eigenvalue weighted by Crippen LogP contribution is 2.30. The summed E-state index contributed by atoms with van der Waals surface area (Å²) < 4.78 is 63.5. The van der Waals surface area contributed by atoms with Gasteiger partial charge in [-0.3, -0.25) is 4.79 Å². The van der Waals surface area contributed by atoms with Gasteiger partial charge in [0.05, 0.1) is 11.3 Å². The summed E-state index contributed by atoms with van der Waals surface area (Å²) in [6.07, 6.45) is 2.35. The molecule has 0 radical (unpaired) electrons. The van der Waals surface area contributed by atoms with E-state index in [0.717, 1.165) is 23.7 Å². The molecule has 0 aliphatic carbocycles. The minimum absolute atomic E-state index is 0.0797. The van der Waals surface area contributed by atoms with Gasteiger partial charge < -0.3 is 5.32 Å². The first-order valence-corrected chi connectivity index (χ1v) is 10.0. The van der Waals surface area contributed by atoms with Crippen LogP contribution in [0.3, 0.4) is 0 Å². The Morgan fingerprint density at radius 2 is 1.90 bits per heavy atom. The van der Waals surface area contributed by atoms with Gasteiger partial charge in [0, 0.05) is 24.6 Å². The van der Waals surface area contributed by atoms with Crippen LogP contribution < -0.4 is 5.32 Å². The number of sulfone groups is 1. The van der Waals surface area contributed by atoms with E-state index in [0.29, 0.717) is 11.4 Å². The van der Waals surface area contributed by atoms with Gasteiger partial charge in [-0.15, -0.1) is 0 Å². The quantitative estimate of drug-likeness (QED) is 0.655. The molecule has 0 spiro atoms. The highest BCUT2D eigenvalue weighted by molar-refractivity contribution is 7.92. The third-order valence-corrected chi connectivity index (χ3v) is 5.51. The Labute approximate surface area is 169 Å². The maximum Gasteiger partial charge on any atom is 0.503 e. The van der Waals surface area contributed by atoms with E-state index in [2.05, 4.69) is 20.4 Å². The van der Waals surface area contributed by atoms with E-state index in [-0.39, 0.29) is 6.54 Å². The standard InChI is InChI=1S/C18H16F3N5O3S/c1-11-8-12(2)26(25-11)15-6-5-13(9-23-15)10-24-16(27)14-4-3-7-22-17(14)30(28,29)18(19,20)21/h3-9H,10H2,1-2H3,(H,24,27). The first-order chi connectivity index (χ1) is 14.0. The van der Waals surface area contributed by atoms with E-state index in [9.17, 15) is 26.4 Å². The fraction of sp³-hybridized carbons (Fsp3) is 0.222. The maximum absolute atomic E-state index is 12.8. The summed E-state index contributed by atoms with van der Waals surface area (Å²) in [4.78, 5) is 19.8. The Hall–Kier alpha value is -3.28. The molecule has 12 heteroatoms. The Kier molecular flexibility index (Phi) is 5.61. The van der Waals surface area contributed by atoms with Gasteiger partial charge in [-0.05, 0) is 43.7 Å². The van der Waals surface area contributed by atoms with Gasteiger partial charge in [-0.2, -0.15) is 18.3 Å². The van der Waals surface area contributed by atoms with Crippen molar-refractivity contribution >= 4 is 15.7 Å². The molecule has 3 aromatic rings. The number of aryl methyl sites for hydroxylation is 2. The van der Waals surface area contributed by atoms with Gasteiger partial charge in [0.2, 0.25) is 0 Å². The molecule has 0 saturated heterocycles. The summed E-state index contributed by atoms with van der Waals surface area (Å²) in [7, 11) is -5.77. The fourth-order valence-electron chi connectivity index (χ4n) is 2.67. The fourth-order valence-corrected chi connectivity index (χ4v) is 3.54. The van der Waals surface area contributed by atoms with Crippen LogP contribution in [0.1, 0.15) is 27.3 Å². The second kappa shape index (κ2) is 7.86. The zero-order chi connectivity index (χ0) is 22.1. The average molecular weight is 439 g/mol. The molecule has 0 fully saturated rings. The number of alkyl halides is 3. The first kappa shape index (κ1) is 21.4. The zero-order valence-corrected chi connectivity index (χ0v) is 16.6. The molecule has 0 unspecified atom stereocenters. The summed E-state index contributed by atoms with van der Waals surface area (Å²) >= 11 is 0. The van der Waals surface area contributed by atoms with Crippen LogP contribution in [0.15, 0.2) is 47.8 Å². The number of nitrogens with one attached hydrogen (secondary N) is 1.